The standard InChI is InChI=1S/C12H21NO2/c1-9(12(14)15-2)13-7-10-4-3-5-11(6-10)8-13/h9-11H,3-8H2,1-2H3. The molecular formula is C12H21NO2. The van der Waals surface area contributed by atoms with Crippen molar-refractivity contribution in [3.63, 3.8) is 0 Å². The molecule has 0 aromatic carbocycles. The molecule has 1 saturated carbocycles. The van der Waals surface area contributed by atoms with Gasteiger partial charge in [-0.15, -0.1) is 0 Å². The monoisotopic (exact) mass is 211 g/mol. The van der Waals surface area contributed by atoms with Gasteiger partial charge < -0.3 is 4.74 Å². The Bertz CT molecular complexity index is 230. The molecule has 15 heavy (non-hydrogen) atoms. The van der Waals surface area contributed by atoms with Gasteiger partial charge in [0.25, 0.3) is 0 Å². The van der Waals surface area contributed by atoms with E-state index in [1.54, 1.807) is 0 Å². The van der Waals surface area contributed by atoms with Gasteiger partial charge in [-0.25, -0.2) is 0 Å². The summed E-state index contributed by atoms with van der Waals surface area (Å²) in [6.07, 6.45) is 5.46. The second kappa shape index (κ2) is 4.52. The number of ether oxygens (including phenoxy) is 1. The highest BCUT2D eigenvalue weighted by Gasteiger charge is 2.34. The van der Waals surface area contributed by atoms with Crippen LogP contribution >= 0.6 is 0 Å². The van der Waals surface area contributed by atoms with Crippen molar-refractivity contribution in [2.24, 2.45) is 11.8 Å². The fourth-order valence-corrected chi connectivity index (χ4v) is 3.11. The molecule has 0 amide bonds. The van der Waals surface area contributed by atoms with Crippen LogP contribution in [-0.2, 0) is 9.53 Å². The Morgan fingerprint density at radius 1 is 1.33 bits per heavy atom. The summed E-state index contributed by atoms with van der Waals surface area (Å²) in [5, 5.41) is 0. The second-order valence-corrected chi connectivity index (χ2v) is 5.05. The Hall–Kier alpha value is -0.570. The molecule has 0 aromatic heterocycles. The number of piperidine rings is 1. The van der Waals surface area contributed by atoms with Gasteiger partial charge in [-0.2, -0.15) is 0 Å². The van der Waals surface area contributed by atoms with Crippen LogP contribution in [0.5, 0.6) is 0 Å². The number of rotatable bonds is 2. The fourth-order valence-electron chi connectivity index (χ4n) is 3.11. The van der Waals surface area contributed by atoms with Crippen molar-refractivity contribution < 1.29 is 9.53 Å². The lowest BCUT2D eigenvalue weighted by atomic mass is 9.77. The summed E-state index contributed by atoms with van der Waals surface area (Å²) in [5.41, 5.74) is 0. The quantitative estimate of drug-likeness (QED) is 0.651. The number of nitrogens with zero attached hydrogens (tertiary/aromatic N) is 1. The van der Waals surface area contributed by atoms with Gasteiger partial charge in [0.05, 0.1) is 7.11 Å². The summed E-state index contributed by atoms with van der Waals surface area (Å²) in [4.78, 5) is 13.8. The Kier molecular flexibility index (Phi) is 3.29. The number of carbonyl (C=O) groups is 1. The van der Waals surface area contributed by atoms with Gasteiger partial charge in [0.1, 0.15) is 6.04 Å². The minimum atomic E-state index is -0.0880. The van der Waals surface area contributed by atoms with Gasteiger partial charge in [-0.3, -0.25) is 9.69 Å². The summed E-state index contributed by atoms with van der Waals surface area (Å²) in [7, 11) is 1.48. The normalized spacial score (nSPS) is 33.5. The van der Waals surface area contributed by atoms with E-state index < -0.39 is 0 Å². The van der Waals surface area contributed by atoms with E-state index in [4.69, 9.17) is 4.74 Å². The van der Waals surface area contributed by atoms with Crippen LogP contribution in [0.25, 0.3) is 0 Å². The van der Waals surface area contributed by atoms with E-state index in [-0.39, 0.29) is 12.0 Å². The SMILES string of the molecule is COC(=O)C(C)N1CC2CCCC(C2)C1. The number of hydrogen-bond donors (Lipinski definition) is 0. The van der Waals surface area contributed by atoms with E-state index in [2.05, 4.69) is 4.90 Å². The van der Waals surface area contributed by atoms with Crippen LogP contribution in [-0.4, -0.2) is 37.1 Å². The molecule has 0 aromatic rings. The van der Waals surface area contributed by atoms with Crippen LogP contribution < -0.4 is 0 Å². The molecule has 1 aliphatic heterocycles. The Balaban J connectivity index is 1.96. The summed E-state index contributed by atoms with van der Waals surface area (Å²) in [6, 6.07) is -0.0570. The molecule has 2 fully saturated rings. The molecule has 0 radical (unpaired) electrons. The third kappa shape index (κ3) is 2.33. The van der Waals surface area contributed by atoms with Crippen LogP contribution in [0, 0.1) is 11.8 Å². The second-order valence-electron chi connectivity index (χ2n) is 5.05. The maximum atomic E-state index is 11.5. The average molecular weight is 211 g/mol. The number of methoxy groups -OCH3 is 1. The van der Waals surface area contributed by atoms with E-state index in [1.165, 1.54) is 32.8 Å². The third-order valence-corrected chi connectivity index (χ3v) is 3.97. The van der Waals surface area contributed by atoms with Crippen LogP contribution in [0.3, 0.4) is 0 Å². The van der Waals surface area contributed by atoms with Crippen LogP contribution in [0.2, 0.25) is 0 Å². The first-order valence-electron chi connectivity index (χ1n) is 6.02. The van der Waals surface area contributed by atoms with Gasteiger partial charge in [-0.1, -0.05) is 6.42 Å². The van der Waals surface area contributed by atoms with E-state index in [1.807, 2.05) is 6.92 Å². The number of hydrogen-bond acceptors (Lipinski definition) is 3. The largest absolute Gasteiger partial charge is 0.468 e. The number of carbonyl (C=O) groups excluding carboxylic acids is 1. The van der Waals surface area contributed by atoms with Gasteiger partial charge in [0, 0.05) is 13.1 Å². The van der Waals surface area contributed by atoms with Crippen molar-refractivity contribution in [3.8, 4) is 0 Å². The smallest absolute Gasteiger partial charge is 0.322 e. The molecule has 1 heterocycles. The number of likely N-dealkylation sites (tertiary alicyclic amines) is 1. The summed E-state index contributed by atoms with van der Waals surface area (Å²) in [6.45, 7) is 4.15. The molecule has 2 aliphatic rings. The number of fused-ring (bicyclic) bond motifs is 2. The van der Waals surface area contributed by atoms with Crippen molar-refractivity contribution in [1.82, 2.24) is 4.90 Å². The first kappa shape index (κ1) is 10.9. The maximum absolute atomic E-state index is 11.5. The Morgan fingerprint density at radius 3 is 2.47 bits per heavy atom. The van der Waals surface area contributed by atoms with Gasteiger partial charge in [0.15, 0.2) is 0 Å². The van der Waals surface area contributed by atoms with Crippen LogP contribution in [0.15, 0.2) is 0 Å². The van der Waals surface area contributed by atoms with Crippen LogP contribution in [0.1, 0.15) is 32.6 Å². The third-order valence-electron chi connectivity index (χ3n) is 3.97. The zero-order chi connectivity index (χ0) is 10.8. The Labute approximate surface area is 91.8 Å². The zero-order valence-corrected chi connectivity index (χ0v) is 9.74. The maximum Gasteiger partial charge on any atom is 0.322 e. The molecule has 3 unspecified atom stereocenters. The van der Waals surface area contributed by atoms with Crippen molar-refractivity contribution in [3.05, 3.63) is 0 Å². The average Bonchev–Trinajstić information content (AvgIpc) is 2.26. The molecule has 1 saturated heterocycles. The topological polar surface area (TPSA) is 29.5 Å². The molecule has 0 N–H and O–H groups in total. The first-order chi connectivity index (χ1) is 7.20. The van der Waals surface area contributed by atoms with E-state index in [9.17, 15) is 4.79 Å². The molecule has 2 bridgehead atoms. The van der Waals surface area contributed by atoms with Gasteiger partial charge in [-0.05, 0) is 38.0 Å². The van der Waals surface area contributed by atoms with Gasteiger partial charge in [0.2, 0.25) is 0 Å². The predicted octanol–water partition coefficient (Wildman–Crippen LogP) is 1.67. The lowest BCUT2D eigenvalue weighted by Crippen LogP contribution is -2.49. The molecule has 3 nitrogen and oxygen atoms in total. The minimum absolute atomic E-state index is 0.0570. The lowest BCUT2D eigenvalue weighted by molar-refractivity contribution is -0.147. The van der Waals surface area contributed by atoms with Crippen molar-refractivity contribution in [2.75, 3.05) is 20.2 Å². The summed E-state index contributed by atoms with van der Waals surface area (Å²) in [5.74, 6) is 1.56. The van der Waals surface area contributed by atoms with Gasteiger partial charge >= 0.3 is 5.97 Å². The molecule has 3 atom stereocenters. The number of esters is 1. The predicted molar refractivity (Wildman–Crippen MR) is 58.5 cm³/mol. The van der Waals surface area contributed by atoms with E-state index in [0.717, 1.165) is 24.9 Å². The first-order valence-corrected chi connectivity index (χ1v) is 6.02. The van der Waals surface area contributed by atoms with Crippen molar-refractivity contribution >= 4 is 5.97 Å². The Morgan fingerprint density at radius 2 is 1.93 bits per heavy atom. The van der Waals surface area contributed by atoms with Crippen LogP contribution in [0.4, 0.5) is 0 Å². The summed E-state index contributed by atoms with van der Waals surface area (Å²) < 4.78 is 4.81. The van der Waals surface area contributed by atoms with E-state index in [0.29, 0.717) is 0 Å². The minimum Gasteiger partial charge on any atom is -0.468 e. The molecule has 0 spiro atoms. The molecule has 86 valence electrons. The zero-order valence-electron chi connectivity index (χ0n) is 9.74. The fraction of sp³-hybridized carbons (Fsp3) is 0.917. The highest BCUT2D eigenvalue weighted by molar-refractivity contribution is 5.75. The van der Waals surface area contributed by atoms with Crippen molar-refractivity contribution in [2.45, 2.75) is 38.6 Å². The highest BCUT2D eigenvalue weighted by Crippen LogP contribution is 2.35. The molecule has 2 rings (SSSR count). The molecular weight excluding hydrogens is 190 g/mol. The highest BCUT2D eigenvalue weighted by atomic mass is 16.5. The molecule has 3 heteroatoms. The van der Waals surface area contributed by atoms with E-state index >= 15 is 0 Å². The lowest BCUT2D eigenvalue weighted by Gasteiger charge is -2.43. The van der Waals surface area contributed by atoms with Crippen molar-refractivity contribution in [1.29, 1.82) is 0 Å². The summed E-state index contributed by atoms with van der Waals surface area (Å²) >= 11 is 0. The molecule has 1 aliphatic carbocycles.